The Bertz CT molecular complexity index is 895. The molecule has 0 aliphatic heterocycles. The van der Waals surface area contributed by atoms with Crippen molar-refractivity contribution < 1.29 is 19.0 Å². The van der Waals surface area contributed by atoms with E-state index in [1.165, 1.54) is 19.2 Å². The van der Waals surface area contributed by atoms with E-state index in [1.54, 1.807) is 31.4 Å². The highest BCUT2D eigenvalue weighted by Crippen LogP contribution is 2.31. The molecular formula is C17H14O5. The molecule has 1 aromatic heterocycles. The van der Waals surface area contributed by atoms with Crippen molar-refractivity contribution in [3.63, 3.8) is 0 Å². The van der Waals surface area contributed by atoms with E-state index in [0.29, 0.717) is 22.8 Å². The maximum Gasteiger partial charge on any atom is 0.197 e. The molecule has 0 aliphatic rings. The SMILES string of the molecule is COc1cccc(-c2cc(=O)c3c(O)cc(OC)cc3o2)c1. The number of benzene rings is 2. The Labute approximate surface area is 126 Å². The average molecular weight is 298 g/mol. The Hall–Kier alpha value is -2.95. The Kier molecular flexibility index (Phi) is 3.47. The minimum atomic E-state index is -0.320. The van der Waals surface area contributed by atoms with Crippen molar-refractivity contribution in [1.29, 1.82) is 0 Å². The molecule has 0 spiro atoms. The van der Waals surface area contributed by atoms with Gasteiger partial charge in [-0.3, -0.25) is 4.79 Å². The number of hydrogen-bond donors (Lipinski definition) is 1. The Morgan fingerprint density at radius 1 is 1.00 bits per heavy atom. The lowest BCUT2D eigenvalue weighted by Gasteiger charge is -2.07. The van der Waals surface area contributed by atoms with Gasteiger partial charge >= 0.3 is 0 Å². The van der Waals surface area contributed by atoms with Crippen LogP contribution in [-0.4, -0.2) is 19.3 Å². The molecule has 5 nitrogen and oxygen atoms in total. The zero-order chi connectivity index (χ0) is 15.7. The van der Waals surface area contributed by atoms with Crippen LogP contribution in [0.4, 0.5) is 0 Å². The van der Waals surface area contributed by atoms with Crippen LogP contribution in [0, 0.1) is 0 Å². The molecule has 0 fully saturated rings. The van der Waals surface area contributed by atoms with Gasteiger partial charge in [-0.25, -0.2) is 0 Å². The second-order valence-corrected chi connectivity index (χ2v) is 4.73. The smallest absolute Gasteiger partial charge is 0.197 e. The maximum atomic E-state index is 12.3. The number of methoxy groups -OCH3 is 2. The lowest BCUT2D eigenvalue weighted by atomic mass is 10.1. The predicted molar refractivity (Wildman–Crippen MR) is 82.7 cm³/mol. The summed E-state index contributed by atoms with van der Waals surface area (Å²) in [4.78, 5) is 12.3. The normalized spacial score (nSPS) is 10.6. The van der Waals surface area contributed by atoms with Crippen molar-refractivity contribution in [2.24, 2.45) is 0 Å². The Balaban J connectivity index is 2.25. The van der Waals surface area contributed by atoms with E-state index >= 15 is 0 Å². The summed E-state index contributed by atoms with van der Waals surface area (Å²) in [6.07, 6.45) is 0. The van der Waals surface area contributed by atoms with Crippen molar-refractivity contribution in [2.45, 2.75) is 0 Å². The van der Waals surface area contributed by atoms with Gasteiger partial charge in [-0.1, -0.05) is 12.1 Å². The van der Waals surface area contributed by atoms with Crippen LogP contribution in [0.2, 0.25) is 0 Å². The molecule has 0 aliphatic carbocycles. The third-order valence-electron chi connectivity index (χ3n) is 3.37. The van der Waals surface area contributed by atoms with Crippen molar-refractivity contribution in [3.8, 4) is 28.6 Å². The molecule has 0 amide bonds. The van der Waals surface area contributed by atoms with Gasteiger partial charge in [-0.05, 0) is 12.1 Å². The first-order chi connectivity index (χ1) is 10.6. The fourth-order valence-corrected chi connectivity index (χ4v) is 2.28. The molecule has 1 N–H and O–H groups in total. The molecule has 0 atom stereocenters. The first-order valence-electron chi connectivity index (χ1n) is 6.61. The highest BCUT2D eigenvalue weighted by molar-refractivity contribution is 5.86. The maximum absolute atomic E-state index is 12.3. The molecule has 0 saturated carbocycles. The molecule has 3 aromatic rings. The molecule has 0 saturated heterocycles. The molecular weight excluding hydrogens is 284 g/mol. The number of rotatable bonds is 3. The Morgan fingerprint density at radius 3 is 2.50 bits per heavy atom. The minimum absolute atomic E-state index is 0.132. The average Bonchev–Trinajstić information content (AvgIpc) is 2.54. The van der Waals surface area contributed by atoms with E-state index in [0.717, 1.165) is 0 Å². The van der Waals surface area contributed by atoms with Gasteiger partial charge in [0.2, 0.25) is 0 Å². The lowest BCUT2D eigenvalue weighted by molar-refractivity contribution is 0.408. The van der Waals surface area contributed by atoms with Crippen LogP contribution < -0.4 is 14.9 Å². The summed E-state index contributed by atoms with van der Waals surface area (Å²) in [5.41, 5.74) is 0.655. The van der Waals surface area contributed by atoms with Gasteiger partial charge in [0.25, 0.3) is 0 Å². The van der Waals surface area contributed by atoms with Gasteiger partial charge in [-0.2, -0.15) is 0 Å². The summed E-state index contributed by atoms with van der Waals surface area (Å²) in [6, 6.07) is 11.5. The van der Waals surface area contributed by atoms with Crippen molar-refractivity contribution in [3.05, 3.63) is 52.7 Å². The Morgan fingerprint density at radius 2 is 1.77 bits per heavy atom. The number of phenolic OH excluding ortho intramolecular Hbond substituents is 1. The van der Waals surface area contributed by atoms with Crippen molar-refractivity contribution >= 4 is 11.0 Å². The largest absolute Gasteiger partial charge is 0.507 e. The van der Waals surface area contributed by atoms with E-state index in [9.17, 15) is 9.90 Å². The standard InChI is InChI=1S/C17H14O5/c1-20-11-5-3-4-10(6-11)15-9-14(19)17-13(18)7-12(21-2)8-16(17)22-15/h3-9,18H,1-2H3. The molecule has 0 radical (unpaired) electrons. The topological polar surface area (TPSA) is 68.9 Å². The number of hydrogen-bond acceptors (Lipinski definition) is 5. The third kappa shape index (κ3) is 2.37. The van der Waals surface area contributed by atoms with Gasteiger partial charge in [0.1, 0.15) is 34.0 Å². The predicted octanol–water partition coefficient (Wildman–Crippen LogP) is 3.18. The van der Waals surface area contributed by atoms with Crippen LogP contribution in [0.5, 0.6) is 17.2 Å². The van der Waals surface area contributed by atoms with Crippen LogP contribution in [0.15, 0.2) is 51.7 Å². The van der Waals surface area contributed by atoms with Crippen LogP contribution in [0.1, 0.15) is 0 Å². The second-order valence-electron chi connectivity index (χ2n) is 4.73. The van der Waals surface area contributed by atoms with Crippen LogP contribution >= 0.6 is 0 Å². The summed E-state index contributed by atoms with van der Waals surface area (Å²) < 4.78 is 16.0. The summed E-state index contributed by atoms with van der Waals surface area (Å²) in [5, 5.41) is 10.1. The number of fused-ring (bicyclic) bond motifs is 1. The zero-order valence-corrected chi connectivity index (χ0v) is 12.1. The monoisotopic (exact) mass is 298 g/mol. The quantitative estimate of drug-likeness (QED) is 0.804. The lowest BCUT2D eigenvalue weighted by Crippen LogP contribution is -2.01. The number of ether oxygens (including phenoxy) is 2. The summed E-state index contributed by atoms with van der Waals surface area (Å²) in [6.45, 7) is 0. The van der Waals surface area contributed by atoms with Gasteiger partial charge in [0.05, 0.1) is 14.2 Å². The summed E-state index contributed by atoms with van der Waals surface area (Å²) >= 11 is 0. The highest BCUT2D eigenvalue weighted by Gasteiger charge is 2.12. The number of phenols is 1. The fourth-order valence-electron chi connectivity index (χ4n) is 2.28. The van der Waals surface area contributed by atoms with E-state index < -0.39 is 0 Å². The van der Waals surface area contributed by atoms with Gasteiger partial charge in [-0.15, -0.1) is 0 Å². The van der Waals surface area contributed by atoms with Crippen LogP contribution in [0.3, 0.4) is 0 Å². The van der Waals surface area contributed by atoms with Crippen molar-refractivity contribution in [2.75, 3.05) is 14.2 Å². The van der Waals surface area contributed by atoms with E-state index in [-0.39, 0.29) is 22.1 Å². The van der Waals surface area contributed by atoms with Gasteiger partial charge in [0, 0.05) is 23.8 Å². The molecule has 2 aromatic carbocycles. The molecule has 3 rings (SSSR count). The fraction of sp³-hybridized carbons (Fsp3) is 0.118. The van der Waals surface area contributed by atoms with E-state index in [4.69, 9.17) is 13.9 Å². The third-order valence-corrected chi connectivity index (χ3v) is 3.37. The van der Waals surface area contributed by atoms with Crippen molar-refractivity contribution in [1.82, 2.24) is 0 Å². The molecule has 1 heterocycles. The van der Waals surface area contributed by atoms with E-state index in [2.05, 4.69) is 0 Å². The molecule has 0 unspecified atom stereocenters. The number of aromatic hydroxyl groups is 1. The molecule has 0 bridgehead atoms. The molecule has 22 heavy (non-hydrogen) atoms. The summed E-state index contributed by atoms with van der Waals surface area (Å²) in [5.74, 6) is 1.30. The van der Waals surface area contributed by atoms with E-state index in [1.807, 2.05) is 6.07 Å². The minimum Gasteiger partial charge on any atom is -0.507 e. The van der Waals surface area contributed by atoms with Gasteiger partial charge < -0.3 is 19.0 Å². The second kappa shape index (κ2) is 5.44. The first kappa shape index (κ1) is 14.0. The first-order valence-corrected chi connectivity index (χ1v) is 6.61. The summed E-state index contributed by atoms with van der Waals surface area (Å²) in [7, 11) is 3.04. The highest BCUT2D eigenvalue weighted by atomic mass is 16.5. The zero-order valence-electron chi connectivity index (χ0n) is 12.1. The molecule has 5 heteroatoms. The van der Waals surface area contributed by atoms with Crippen LogP contribution in [-0.2, 0) is 0 Å². The van der Waals surface area contributed by atoms with Crippen LogP contribution in [0.25, 0.3) is 22.3 Å². The molecule has 112 valence electrons. The van der Waals surface area contributed by atoms with Gasteiger partial charge in [0.15, 0.2) is 5.43 Å².